The van der Waals surface area contributed by atoms with Gasteiger partial charge in [0.1, 0.15) is 5.82 Å². The number of nitrogens with zero attached hydrogens (tertiary/aromatic N) is 1. The fraction of sp³-hybridized carbons (Fsp3) is 0.250. The van der Waals surface area contributed by atoms with Crippen molar-refractivity contribution in [1.29, 1.82) is 0 Å². The normalized spacial score (nSPS) is 10.5. The first-order chi connectivity index (χ1) is 6.70. The number of hydrogen-bond acceptors (Lipinski definition) is 2. The summed E-state index contributed by atoms with van der Waals surface area (Å²) in [5.74, 6) is 0.961. The summed E-state index contributed by atoms with van der Waals surface area (Å²) in [5, 5.41) is 4.30. The standard InChI is InChI=1S/C12H14N2/c1-8-4-5-10-7-9(2)12(13-3)14-11(10)6-8/h4-7H,1-3H3,(H,13,14). The van der Waals surface area contributed by atoms with Gasteiger partial charge in [-0.1, -0.05) is 12.1 Å². The molecule has 0 bridgehead atoms. The molecule has 0 saturated carbocycles. The van der Waals surface area contributed by atoms with Crippen molar-refractivity contribution in [2.45, 2.75) is 13.8 Å². The Balaban J connectivity index is 2.73. The number of aromatic nitrogens is 1. The van der Waals surface area contributed by atoms with Crippen LogP contribution in [0.25, 0.3) is 10.9 Å². The van der Waals surface area contributed by atoms with Gasteiger partial charge in [0.25, 0.3) is 0 Å². The van der Waals surface area contributed by atoms with Crippen LogP contribution in [0.3, 0.4) is 0 Å². The maximum atomic E-state index is 4.54. The summed E-state index contributed by atoms with van der Waals surface area (Å²) in [6, 6.07) is 8.50. The molecule has 2 nitrogen and oxygen atoms in total. The SMILES string of the molecule is CNc1nc2cc(C)ccc2cc1C. The fourth-order valence-electron chi connectivity index (χ4n) is 1.64. The molecule has 14 heavy (non-hydrogen) atoms. The van der Waals surface area contributed by atoms with E-state index >= 15 is 0 Å². The summed E-state index contributed by atoms with van der Waals surface area (Å²) in [6.07, 6.45) is 0. The van der Waals surface area contributed by atoms with Crippen LogP contribution in [0.4, 0.5) is 5.82 Å². The van der Waals surface area contributed by atoms with E-state index in [1.54, 1.807) is 0 Å². The van der Waals surface area contributed by atoms with Crippen LogP contribution >= 0.6 is 0 Å². The predicted molar refractivity (Wildman–Crippen MR) is 60.8 cm³/mol. The Bertz CT molecular complexity index is 475. The van der Waals surface area contributed by atoms with E-state index in [1.807, 2.05) is 7.05 Å². The van der Waals surface area contributed by atoms with Gasteiger partial charge in [-0.2, -0.15) is 0 Å². The average molecular weight is 186 g/mol. The smallest absolute Gasteiger partial charge is 0.129 e. The van der Waals surface area contributed by atoms with E-state index < -0.39 is 0 Å². The van der Waals surface area contributed by atoms with E-state index in [4.69, 9.17) is 0 Å². The molecular formula is C12H14N2. The Hall–Kier alpha value is -1.57. The summed E-state index contributed by atoms with van der Waals surface area (Å²) in [6.45, 7) is 4.15. The van der Waals surface area contributed by atoms with Gasteiger partial charge in [-0.3, -0.25) is 0 Å². The first kappa shape index (κ1) is 9.00. The molecule has 0 unspecified atom stereocenters. The molecule has 0 amide bonds. The van der Waals surface area contributed by atoms with Crippen LogP contribution in [0.2, 0.25) is 0 Å². The molecule has 1 heterocycles. The highest BCUT2D eigenvalue weighted by molar-refractivity contribution is 5.82. The molecular weight excluding hydrogens is 172 g/mol. The lowest BCUT2D eigenvalue weighted by Crippen LogP contribution is -1.95. The molecule has 0 spiro atoms. The first-order valence-electron chi connectivity index (χ1n) is 4.76. The van der Waals surface area contributed by atoms with Gasteiger partial charge >= 0.3 is 0 Å². The summed E-state index contributed by atoms with van der Waals surface area (Å²) >= 11 is 0. The quantitative estimate of drug-likeness (QED) is 0.740. The summed E-state index contributed by atoms with van der Waals surface area (Å²) in [5.41, 5.74) is 3.49. The van der Waals surface area contributed by atoms with Gasteiger partial charge in [0.05, 0.1) is 5.52 Å². The first-order valence-corrected chi connectivity index (χ1v) is 4.76. The molecule has 2 aromatic rings. The topological polar surface area (TPSA) is 24.9 Å². The largest absolute Gasteiger partial charge is 0.373 e. The molecule has 0 saturated heterocycles. The average Bonchev–Trinajstić information content (AvgIpc) is 2.17. The highest BCUT2D eigenvalue weighted by Crippen LogP contribution is 2.20. The Labute approximate surface area is 84.0 Å². The van der Waals surface area contributed by atoms with Gasteiger partial charge in [-0.05, 0) is 37.1 Å². The van der Waals surface area contributed by atoms with Gasteiger partial charge < -0.3 is 5.32 Å². The maximum Gasteiger partial charge on any atom is 0.129 e. The van der Waals surface area contributed by atoms with Crippen LogP contribution < -0.4 is 5.32 Å². The van der Waals surface area contributed by atoms with Crippen molar-refractivity contribution in [1.82, 2.24) is 4.98 Å². The number of nitrogens with one attached hydrogen (secondary N) is 1. The highest BCUT2D eigenvalue weighted by Gasteiger charge is 2.01. The maximum absolute atomic E-state index is 4.54. The number of anilines is 1. The molecule has 72 valence electrons. The third kappa shape index (κ3) is 1.43. The summed E-state index contributed by atoms with van der Waals surface area (Å²) in [7, 11) is 1.90. The van der Waals surface area contributed by atoms with Crippen molar-refractivity contribution >= 4 is 16.7 Å². The van der Waals surface area contributed by atoms with Crippen LogP contribution in [-0.4, -0.2) is 12.0 Å². The second-order valence-electron chi connectivity index (χ2n) is 3.60. The number of fused-ring (bicyclic) bond motifs is 1. The second kappa shape index (κ2) is 3.29. The lowest BCUT2D eigenvalue weighted by Gasteiger charge is -2.06. The van der Waals surface area contributed by atoms with E-state index in [-0.39, 0.29) is 0 Å². The predicted octanol–water partition coefficient (Wildman–Crippen LogP) is 2.89. The Morgan fingerprint density at radius 2 is 1.93 bits per heavy atom. The third-order valence-corrected chi connectivity index (χ3v) is 2.40. The van der Waals surface area contributed by atoms with Crippen molar-refractivity contribution in [2.24, 2.45) is 0 Å². The van der Waals surface area contributed by atoms with Crippen molar-refractivity contribution in [3.05, 3.63) is 35.4 Å². The minimum atomic E-state index is 0.961. The van der Waals surface area contributed by atoms with E-state index in [9.17, 15) is 0 Å². The molecule has 0 fully saturated rings. The zero-order chi connectivity index (χ0) is 10.1. The fourth-order valence-corrected chi connectivity index (χ4v) is 1.64. The summed E-state index contributed by atoms with van der Waals surface area (Å²) < 4.78 is 0. The van der Waals surface area contributed by atoms with Crippen LogP contribution in [-0.2, 0) is 0 Å². The molecule has 1 aromatic carbocycles. The monoisotopic (exact) mass is 186 g/mol. The molecule has 2 heteroatoms. The molecule has 0 radical (unpaired) electrons. The Morgan fingerprint density at radius 3 is 2.64 bits per heavy atom. The molecule has 0 aliphatic carbocycles. The van der Waals surface area contributed by atoms with Crippen molar-refractivity contribution in [2.75, 3.05) is 12.4 Å². The Kier molecular flexibility index (Phi) is 2.12. The lowest BCUT2D eigenvalue weighted by molar-refractivity contribution is 1.28. The molecule has 0 atom stereocenters. The molecule has 1 N–H and O–H groups in total. The summed E-state index contributed by atoms with van der Waals surface area (Å²) in [4.78, 5) is 4.54. The van der Waals surface area contributed by atoms with E-state index in [1.165, 1.54) is 16.5 Å². The van der Waals surface area contributed by atoms with Gasteiger partial charge in [0.15, 0.2) is 0 Å². The van der Waals surface area contributed by atoms with Crippen LogP contribution in [0.5, 0.6) is 0 Å². The molecule has 1 aromatic heterocycles. The van der Waals surface area contributed by atoms with Gasteiger partial charge in [-0.25, -0.2) is 4.98 Å². The van der Waals surface area contributed by atoms with Gasteiger partial charge in [0.2, 0.25) is 0 Å². The van der Waals surface area contributed by atoms with Crippen molar-refractivity contribution in [3.8, 4) is 0 Å². The van der Waals surface area contributed by atoms with Crippen molar-refractivity contribution in [3.63, 3.8) is 0 Å². The number of aryl methyl sites for hydroxylation is 2. The van der Waals surface area contributed by atoms with E-state index in [0.29, 0.717) is 0 Å². The van der Waals surface area contributed by atoms with Crippen LogP contribution in [0.15, 0.2) is 24.3 Å². The minimum absolute atomic E-state index is 0.961. The molecule has 2 rings (SSSR count). The number of hydrogen-bond donors (Lipinski definition) is 1. The third-order valence-electron chi connectivity index (χ3n) is 2.40. The molecule has 0 aliphatic heterocycles. The number of rotatable bonds is 1. The zero-order valence-corrected chi connectivity index (χ0v) is 8.76. The zero-order valence-electron chi connectivity index (χ0n) is 8.76. The Morgan fingerprint density at radius 1 is 1.14 bits per heavy atom. The molecule has 0 aliphatic rings. The number of benzene rings is 1. The van der Waals surface area contributed by atoms with Crippen molar-refractivity contribution < 1.29 is 0 Å². The van der Waals surface area contributed by atoms with E-state index in [2.05, 4.69) is 48.4 Å². The van der Waals surface area contributed by atoms with Gasteiger partial charge in [-0.15, -0.1) is 0 Å². The van der Waals surface area contributed by atoms with Gasteiger partial charge in [0, 0.05) is 12.4 Å². The van der Waals surface area contributed by atoms with Crippen LogP contribution in [0, 0.1) is 13.8 Å². The van der Waals surface area contributed by atoms with E-state index in [0.717, 1.165) is 11.3 Å². The minimum Gasteiger partial charge on any atom is -0.373 e. The van der Waals surface area contributed by atoms with Crippen LogP contribution in [0.1, 0.15) is 11.1 Å². The highest BCUT2D eigenvalue weighted by atomic mass is 15.0. The second-order valence-corrected chi connectivity index (χ2v) is 3.60. The number of pyridine rings is 1. The lowest BCUT2D eigenvalue weighted by atomic mass is 10.1.